The number of sulfonamides is 1. The van der Waals surface area contributed by atoms with Crippen molar-refractivity contribution in [1.29, 1.82) is 0 Å². The summed E-state index contributed by atoms with van der Waals surface area (Å²) < 4.78 is 54.8. The molecule has 0 spiro atoms. The van der Waals surface area contributed by atoms with Crippen molar-refractivity contribution in [3.05, 3.63) is 47.3 Å². The second-order valence-corrected chi connectivity index (χ2v) is 6.72. The Balaban J connectivity index is 2.04. The predicted molar refractivity (Wildman–Crippen MR) is 71.4 cm³/mol. The van der Waals surface area contributed by atoms with Gasteiger partial charge in [-0.2, -0.15) is 8.78 Å². The van der Waals surface area contributed by atoms with Crippen LogP contribution in [0.5, 0.6) is 5.75 Å². The molecule has 1 N–H and O–H groups in total. The Kier molecular flexibility index (Phi) is 4.69. The van der Waals surface area contributed by atoms with E-state index in [2.05, 4.69) is 9.46 Å². The molecule has 2 aromatic rings. The van der Waals surface area contributed by atoms with Crippen molar-refractivity contribution in [2.24, 2.45) is 0 Å². The molecule has 0 aliphatic carbocycles. The summed E-state index contributed by atoms with van der Waals surface area (Å²) >= 11 is 1.10. The van der Waals surface area contributed by atoms with Gasteiger partial charge in [0.2, 0.25) is 10.0 Å². The predicted octanol–water partition coefficient (Wildman–Crippen LogP) is 2.83. The van der Waals surface area contributed by atoms with E-state index < -0.39 is 16.6 Å². The van der Waals surface area contributed by atoms with Crippen LogP contribution in [0, 0.1) is 0 Å². The van der Waals surface area contributed by atoms with Gasteiger partial charge in [-0.1, -0.05) is 18.2 Å². The molecule has 1 aromatic heterocycles. The molecular formula is C12H11F2NO3S2. The SMILES string of the molecule is O=S(=O)(NCc1cccc(OC(F)F)c1)c1cccs1. The van der Waals surface area contributed by atoms with Crippen molar-refractivity contribution < 1.29 is 21.9 Å². The highest BCUT2D eigenvalue weighted by Gasteiger charge is 2.14. The Hall–Kier alpha value is -1.51. The van der Waals surface area contributed by atoms with Crippen LogP contribution in [0.2, 0.25) is 0 Å². The van der Waals surface area contributed by atoms with Crippen LogP contribution in [-0.4, -0.2) is 15.0 Å². The Bertz CT molecular complexity index is 657. The summed E-state index contributed by atoms with van der Waals surface area (Å²) in [7, 11) is -3.57. The quantitative estimate of drug-likeness (QED) is 0.891. The highest BCUT2D eigenvalue weighted by Crippen LogP contribution is 2.18. The highest BCUT2D eigenvalue weighted by molar-refractivity contribution is 7.91. The standard InChI is InChI=1S/C12H11F2NO3S2/c13-12(14)18-10-4-1-3-9(7-10)8-15-20(16,17)11-5-2-6-19-11/h1-7,12,15H,8H2. The molecule has 0 atom stereocenters. The number of hydrogen-bond acceptors (Lipinski definition) is 4. The van der Waals surface area contributed by atoms with Gasteiger partial charge in [0, 0.05) is 6.54 Å². The first-order chi connectivity index (χ1) is 9.47. The van der Waals surface area contributed by atoms with Crippen LogP contribution >= 0.6 is 11.3 Å². The maximum atomic E-state index is 12.1. The first kappa shape index (κ1) is 14.9. The number of rotatable bonds is 6. The third kappa shape index (κ3) is 3.99. The number of hydrogen-bond donors (Lipinski definition) is 1. The fourth-order valence-electron chi connectivity index (χ4n) is 1.50. The molecule has 4 nitrogen and oxygen atoms in total. The molecular weight excluding hydrogens is 308 g/mol. The molecule has 0 saturated heterocycles. The Morgan fingerprint density at radius 1 is 1.25 bits per heavy atom. The molecule has 8 heteroatoms. The summed E-state index contributed by atoms with van der Waals surface area (Å²) in [6, 6.07) is 9.01. The van der Waals surface area contributed by atoms with E-state index in [1.807, 2.05) is 0 Å². The van der Waals surface area contributed by atoms with Crippen molar-refractivity contribution in [1.82, 2.24) is 4.72 Å². The normalized spacial score (nSPS) is 11.8. The number of ether oxygens (including phenoxy) is 1. The lowest BCUT2D eigenvalue weighted by atomic mass is 10.2. The van der Waals surface area contributed by atoms with Gasteiger partial charge in [-0.3, -0.25) is 0 Å². The van der Waals surface area contributed by atoms with Gasteiger partial charge in [-0.15, -0.1) is 11.3 Å². The van der Waals surface area contributed by atoms with Crippen molar-refractivity contribution in [2.45, 2.75) is 17.4 Å². The van der Waals surface area contributed by atoms with E-state index in [1.54, 1.807) is 17.5 Å². The summed E-state index contributed by atoms with van der Waals surface area (Å²) in [5.74, 6) is -0.00665. The fourth-order valence-corrected chi connectivity index (χ4v) is 3.55. The van der Waals surface area contributed by atoms with E-state index >= 15 is 0 Å². The highest BCUT2D eigenvalue weighted by atomic mass is 32.2. The Labute approximate surface area is 119 Å². The average Bonchev–Trinajstić information content (AvgIpc) is 2.91. The van der Waals surface area contributed by atoms with Crippen LogP contribution < -0.4 is 9.46 Å². The third-order valence-electron chi connectivity index (χ3n) is 2.35. The smallest absolute Gasteiger partial charge is 0.387 e. The van der Waals surface area contributed by atoms with E-state index in [0.717, 1.165) is 11.3 Å². The first-order valence-electron chi connectivity index (χ1n) is 5.54. The minimum atomic E-state index is -3.57. The third-order valence-corrected chi connectivity index (χ3v) is 5.15. The second kappa shape index (κ2) is 6.29. The summed E-state index contributed by atoms with van der Waals surface area (Å²) in [6.45, 7) is -2.91. The van der Waals surface area contributed by atoms with Crippen molar-refractivity contribution >= 4 is 21.4 Å². The van der Waals surface area contributed by atoms with Gasteiger partial charge in [0.25, 0.3) is 0 Å². The lowest BCUT2D eigenvalue weighted by Gasteiger charge is -2.08. The minimum Gasteiger partial charge on any atom is -0.435 e. The van der Waals surface area contributed by atoms with Crippen LogP contribution in [0.25, 0.3) is 0 Å². The molecule has 0 bridgehead atoms. The van der Waals surface area contributed by atoms with Crippen molar-refractivity contribution in [3.8, 4) is 5.75 Å². The molecule has 1 aromatic carbocycles. The topological polar surface area (TPSA) is 55.4 Å². The van der Waals surface area contributed by atoms with E-state index in [9.17, 15) is 17.2 Å². The fraction of sp³-hybridized carbons (Fsp3) is 0.167. The van der Waals surface area contributed by atoms with Crippen LogP contribution in [0.3, 0.4) is 0 Å². The molecule has 0 aliphatic rings. The Morgan fingerprint density at radius 2 is 2.05 bits per heavy atom. The Morgan fingerprint density at radius 3 is 2.70 bits per heavy atom. The van der Waals surface area contributed by atoms with Crippen molar-refractivity contribution in [2.75, 3.05) is 0 Å². The second-order valence-electron chi connectivity index (χ2n) is 3.78. The van der Waals surface area contributed by atoms with Crippen LogP contribution in [-0.2, 0) is 16.6 Å². The number of halogens is 2. The van der Waals surface area contributed by atoms with Crippen LogP contribution in [0.1, 0.15) is 5.56 Å². The molecule has 0 saturated carbocycles. The molecule has 20 heavy (non-hydrogen) atoms. The van der Waals surface area contributed by atoms with Crippen LogP contribution in [0.4, 0.5) is 8.78 Å². The zero-order chi connectivity index (χ0) is 14.6. The molecule has 0 unspecified atom stereocenters. The largest absolute Gasteiger partial charge is 0.435 e. The van der Waals surface area contributed by atoms with Gasteiger partial charge in [-0.05, 0) is 29.1 Å². The summed E-state index contributed by atoms with van der Waals surface area (Å²) in [4.78, 5) is 0. The molecule has 2 rings (SSSR count). The molecule has 0 aliphatic heterocycles. The summed E-state index contributed by atoms with van der Waals surface area (Å²) in [5, 5.41) is 1.66. The van der Waals surface area contributed by atoms with E-state index in [-0.39, 0.29) is 16.5 Å². The average molecular weight is 319 g/mol. The molecule has 108 valence electrons. The molecule has 0 amide bonds. The molecule has 0 radical (unpaired) electrons. The van der Waals surface area contributed by atoms with Gasteiger partial charge in [0.1, 0.15) is 9.96 Å². The van der Waals surface area contributed by atoms with Gasteiger partial charge in [-0.25, -0.2) is 13.1 Å². The summed E-state index contributed by atoms with van der Waals surface area (Å²) in [6.07, 6.45) is 0. The van der Waals surface area contributed by atoms with E-state index in [1.165, 1.54) is 24.3 Å². The van der Waals surface area contributed by atoms with Crippen molar-refractivity contribution in [3.63, 3.8) is 0 Å². The number of alkyl halides is 2. The zero-order valence-electron chi connectivity index (χ0n) is 10.1. The first-order valence-corrected chi connectivity index (χ1v) is 7.90. The zero-order valence-corrected chi connectivity index (χ0v) is 11.8. The number of nitrogens with one attached hydrogen (secondary N) is 1. The van der Waals surface area contributed by atoms with Gasteiger partial charge in [0.05, 0.1) is 0 Å². The lowest BCUT2D eigenvalue weighted by Crippen LogP contribution is -2.22. The van der Waals surface area contributed by atoms with E-state index in [0.29, 0.717) is 5.56 Å². The minimum absolute atomic E-state index is 0.000666. The number of benzene rings is 1. The molecule has 0 fully saturated rings. The summed E-state index contributed by atoms with van der Waals surface area (Å²) in [5.41, 5.74) is 0.531. The molecule has 1 heterocycles. The lowest BCUT2D eigenvalue weighted by molar-refractivity contribution is -0.0498. The monoisotopic (exact) mass is 319 g/mol. The van der Waals surface area contributed by atoms with Crippen LogP contribution in [0.15, 0.2) is 46.0 Å². The maximum Gasteiger partial charge on any atom is 0.387 e. The van der Waals surface area contributed by atoms with Gasteiger partial charge < -0.3 is 4.74 Å². The van der Waals surface area contributed by atoms with E-state index in [4.69, 9.17) is 0 Å². The van der Waals surface area contributed by atoms with Gasteiger partial charge >= 0.3 is 6.61 Å². The number of thiophene rings is 1. The van der Waals surface area contributed by atoms with Gasteiger partial charge in [0.15, 0.2) is 0 Å². The maximum absolute atomic E-state index is 12.1.